The second-order valence-electron chi connectivity index (χ2n) is 0. The van der Waals surface area contributed by atoms with Gasteiger partial charge in [0.2, 0.25) is 0 Å². The monoisotopic (exact) mass is 1430 g/mol. The fourth-order valence-electron chi connectivity index (χ4n) is 0. The molecule has 0 bridgehead atoms. The van der Waals surface area contributed by atoms with Crippen LogP contribution in [0, 0.1) is 0 Å². The molecular formula is H7CuInSe14Te. The van der Waals surface area contributed by atoms with Gasteiger partial charge in [-0.1, -0.05) is 0 Å². The van der Waals surface area contributed by atoms with Gasteiger partial charge in [-0.2, -0.15) is 0 Å². The molecular weight excluding hydrogens is 1410 g/mol. The normalized spacial score (nSPS) is 2.06. The van der Waals surface area contributed by atoms with Crippen LogP contribution in [0.15, 0.2) is 0 Å². The minimum Gasteiger partial charge on any atom is 2.00 e. The quantitative estimate of drug-likeness (QED) is 0.212. The van der Waals surface area contributed by atoms with E-state index in [9.17, 15) is 0 Å². The largest absolute Gasteiger partial charge is 2.00 e. The van der Waals surface area contributed by atoms with Crippen molar-refractivity contribution in [2.24, 2.45) is 0 Å². The van der Waals surface area contributed by atoms with Crippen LogP contribution in [0.5, 0.6) is 0 Å². The fourth-order valence-corrected chi connectivity index (χ4v) is 0. The van der Waals surface area contributed by atoms with E-state index in [0.717, 1.165) is 0 Å². The Kier molecular flexibility index (Phi) is 634. The second-order valence-corrected chi connectivity index (χ2v) is 0. The van der Waals surface area contributed by atoms with Crippen molar-refractivity contribution in [1.29, 1.82) is 0 Å². The molecule has 17 heteroatoms. The summed E-state index contributed by atoms with van der Waals surface area (Å²) in [5.41, 5.74) is 0. The van der Waals surface area contributed by atoms with Crippen LogP contribution in [0.1, 0.15) is 0 Å². The molecule has 0 rings (SSSR count). The van der Waals surface area contributed by atoms with E-state index in [1.165, 1.54) is 0 Å². The van der Waals surface area contributed by atoms with E-state index < -0.39 is 0 Å². The molecule has 0 unspecified atom stereocenters. The molecule has 0 amide bonds. The molecule has 0 saturated heterocycles. The van der Waals surface area contributed by atoms with Crippen molar-refractivity contribution in [2.45, 2.75) is 0 Å². The third-order valence-electron chi connectivity index (χ3n) is 0. The first-order valence-electron chi connectivity index (χ1n) is 1.28. The standard InChI is InChI=1S/Cu.In.7HSe2.Te/c;;7*1-2;/h;;7*1H;/q+2;+3;7*-1;+2. The molecule has 0 aliphatic heterocycles. The van der Waals surface area contributed by atoms with Crippen molar-refractivity contribution >= 4 is 241 Å². The first kappa shape index (κ1) is 63.3. The SMILES string of the molecule is [Cu+2].[In+3].[Se]=[SeH-].[Se]=[SeH-].[Se]=[SeH-].[Se]=[SeH-].[Se]=[SeH-].[Se]=[SeH-].[Se]=[SeH-].[Te+2]. The smallest absolute Gasteiger partial charge is 2.00 e. The molecule has 0 aromatic heterocycles. The van der Waals surface area contributed by atoms with Crippen LogP contribution in [-0.4, -0.2) is 241 Å². The van der Waals surface area contributed by atoms with E-state index in [1.807, 2.05) is 0 Å². The molecule has 0 aliphatic rings. The third-order valence-corrected chi connectivity index (χ3v) is 0. The van der Waals surface area contributed by atoms with Gasteiger partial charge in [-0.3, -0.25) is 0 Å². The van der Waals surface area contributed by atoms with Crippen LogP contribution in [-0.2, 0) is 17.1 Å². The van der Waals surface area contributed by atoms with Crippen molar-refractivity contribution in [3.8, 4) is 0 Å². The summed E-state index contributed by atoms with van der Waals surface area (Å²) in [6.07, 6.45) is 0. The minimum absolute atomic E-state index is 0. The van der Waals surface area contributed by atoms with E-state index in [-0.39, 0.29) is 66.6 Å². The van der Waals surface area contributed by atoms with Crippen molar-refractivity contribution in [1.82, 2.24) is 0 Å². The molecule has 0 aliphatic carbocycles. The van der Waals surface area contributed by atoms with Crippen LogP contribution in [0.25, 0.3) is 0 Å². The summed E-state index contributed by atoms with van der Waals surface area (Å²) in [4.78, 5) is 0. The van der Waals surface area contributed by atoms with Gasteiger partial charge >= 0.3 is 258 Å². The molecule has 0 N–H and O–H groups in total. The molecule has 5 radical (unpaired) electrons. The van der Waals surface area contributed by atoms with Gasteiger partial charge < -0.3 is 0 Å². The van der Waals surface area contributed by atoms with E-state index in [0.29, 0.717) is 0 Å². The fraction of sp³-hybridized carbons (Fsp3) is 0. The van der Waals surface area contributed by atoms with Crippen molar-refractivity contribution in [2.75, 3.05) is 0 Å². The zero-order valence-corrected chi connectivity index (χ0v) is 39.0. The molecule has 0 saturated carbocycles. The summed E-state index contributed by atoms with van der Waals surface area (Å²) >= 11 is 33.2. The Hall–Kier alpha value is 9.45. The van der Waals surface area contributed by atoms with Gasteiger partial charge in [0, 0.05) is 0 Å². The third kappa shape index (κ3) is 157. The van der Waals surface area contributed by atoms with Gasteiger partial charge in [-0.25, -0.2) is 0 Å². The van der Waals surface area contributed by atoms with Crippen molar-refractivity contribution < 1.29 is 17.1 Å². The van der Waals surface area contributed by atoms with E-state index >= 15 is 0 Å². The maximum absolute atomic E-state index is 2.56. The molecule has 0 nitrogen and oxygen atoms in total. The second kappa shape index (κ2) is 170. The Morgan fingerprint density at radius 3 is 0.353 bits per heavy atom. The average molecular weight is 1420 g/mol. The number of rotatable bonds is 0. The molecule has 111 valence electrons. The van der Waals surface area contributed by atoms with Crippen LogP contribution in [0.3, 0.4) is 0 Å². The summed E-state index contributed by atoms with van der Waals surface area (Å²) in [6.45, 7) is 0. The summed E-state index contributed by atoms with van der Waals surface area (Å²) in [5, 5.41) is 0. The predicted molar refractivity (Wildman–Crippen MR) is 102 cm³/mol. The number of hydrogen-bond donors (Lipinski definition) is 0. The molecule has 17 heavy (non-hydrogen) atoms. The Labute approximate surface area is 250 Å². The Morgan fingerprint density at radius 1 is 0.353 bits per heavy atom. The summed E-state index contributed by atoms with van der Waals surface area (Å²) in [7, 11) is 0. The molecule has 0 spiro atoms. The number of hydrogen-bond acceptors (Lipinski definition) is 0. The summed E-state index contributed by atoms with van der Waals surface area (Å²) < 4.78 is 0. The van der Waals surface area contributed by atoms with Crippen molar-refractivity contribution in [3.05, 3.63) is 0 Å². The van der Waals surface area contributed by atoms with Gasteiger partial charge in [0.1, 0.15) is 0 Å². The van der Waals surface area contributed by atoms with Gasteiger partial charge in [0.15, 0.2) is 0 Å². The Balaban J connectivity index is -0.00000000408. The Bertz CT molecular complexity index is 35.8. The first-order valence-corrected chi connectivity index (χ1v) is 34.5. The minimum atomic E-state index is 0. The molecule has 0 heterocycles. The van der Waals surface area contributed by atoms with Gasteiger partial charge in [-0.15, -0.1) is 0 Å². The zero-order valence-electron chi connectivity index (χ0n) is 7.28. The van der Waals surface area contributed by atoms with E-state index in [4.69, 9.17) is 0 Å². The van der Waals surface area contributed by atoms with Gasteiger partial charge in [0.05, 0.1) is 0 Å². The van der Waals surface area contributed by atoms with Crippen LogP contribution in [0.2, 0.25) is 0 Å². The zero-order chi connectivity index (χ0) is 14.0. The topological polar surface area (TPSA) is 0 Å². The average Bonchev–Trinajstić information content (AvgIpc) is 2.45. The summed E-state index contributed by atoms with van der Waals surface area (Å²) in [5.74, 6) is 0. The van der Waals surface area contributed by atoms with Crippen LogP contribution in [0.4, 0.5) is 0 Å². The molecule has 0 aromatic rings. The molecule has 0 fully saturated rings. The van der Waals surface area contributed by atoms with E-state index in [1.54, 1.807) is 0 Å². The predicted octanol–water partition coefficient (Wildman–Crippen LogP) is -7.97. The molecule has 0 aromatic carbocycles. The van der Waals surface area contributed by atoms with Crippen molar-refractivity contribution in [3.63, 3.8) is 0 Å². The van der Waals surface area contributed by atoms with Gasteiger partial charge in [-0.05, 0) is 0 Å². The van der Waals surface area contributed by atoms with E-state index in [2.05, 4.69) is 191 Å². The maximum atomic E-state index is 2.56. The van der Waals surface area contributed by atoms with Crippen LogP contribution < -0.4 is 0 Å². The maximum Gasteiger partial charge on any atom is 2.00 e. The van der Waals surface area contributed by atoms with Crippen LogP contribution >= 0.6 is 0 Å². The molecule has 0 atom stereocenters. The van der Waals surface area contributed by atoms with Gasteiger partial charge in [0.25, 0.3) is 0 Å². The first-order chi connectivity index (χ1) is 7.00. The summed E-state index contributed by atoms with van der Waals surface area (Å²) in [6, 6.07) is 0. The Morgan fingerprint density at radius 2 is 0.353 bits per heavy atom.